The van der Waals surface area contributed by atoms with Crippen molar-refractivity contribution in [2.24, 2.45) is 11.8 Å². The van der Waals surface area contributed by atoms with Crippen molar-refractivity contribution in [2.45, 2.75) is 73.0 Å². The van der Waals surface area contributed by atoms with Gasteiger partial charge in [-0.2, -0.15) is 0 Å². The zero-order chi connectivity index (χ0) is 19.8. The van der Waals surface area contributed by atoms with E-state index in [1.165, 1.54) is 0 Å². The second kappa shape index (κ2) is 8.99. The maximum absolute atomic E-state index is 14.3. The highest BCUT2D eigenvalue weighted by Gasteiger charge is 2.43. The monoisotopic (exact) mass is 462 g/mol. The number of hydrogen-bond acceptors (Lipinski definition) is 5. The van der Waals surface area contributed by atoms with Gasteiger partial charge < -0.3 is 10.4 Å². The summed E-state index contributed by atoms with van der Waals surface area (Å²) in [6, 6.07) is -0.829. The molecule has 0 amide bonds. The summed E-state index contributed by atoms with van der Waals surface area (Å²) in [5, 5.41) is 12.7. The average molecular weight is 463 g/mol. The Morgan fingerprint density at radius 3 is 2.41 bits per heavy atom. The zero-order valence-electron chi connectivity index (χ0n) is 14.7. The average Bonchev–Trinajstić information content (AvgIpc) is 3.08. The van der Waals surface area contributed by atoms with E-state index in [4.69, 9.17) is 27.5 Å². The van der Waals surface area contributed by atoms with Crippen molar-refractivity contribution in [3.63, 3.8) is 0 Å². The fraction of sp³-hybridized carbons (Fsp3) is 0.938. The Kier molecular flexibility index (Phi) is 7.33. The van der Waals surface area contributed by atoms with E-state index in [-0.39, 0.29) is 16.4 Å². The van der Waals surface area contributed by atoms with Crippen LogP contribution in [0.25, 0.3) is 0 Å². The molecule has 27 heavy (non-hydrogen) atoms. The molecular formula is C16H25F3N2O2S4. The van der Waals surface area contributed by atoms with E-state index in [2.05, 4.69) is 10.0 Å². The number of aliphatic carboxylic acids is 1. The molecular weight excluding hydrogens is 437 g/mol. The SMILES string of the molecule is O=C(O)C1CC(NS(=S)(=S)C2CNC(C3CCC(F)CC3)S2)C(F)CC1F. The number of rotatable bonds is 5. The molecule has 156 valence electrons. The van der Waals surface area contributed by atoms with Crippen molar-refractivity contribution in [2.75, 3.05) is 6.54 Å². The normalized spacial score (nSPS) is 43.5. The summed E-state index contributed by atoms with van der Waals surface area (Å²) in [4.78, 5) is 11.2. The van der Waals surface area contributed by atoms with Crippen LogP contribution in [0.3, 0.4) is 0 Å². The van der Waals surface area contributed by atoms with Crippen LogP contribution in [0.2, 0.25) is 0 Å². The number of halogens is 3. The van der Waals surface area contributed by atoms with Gasteiger partial charge in [0.15, 0.2) is 0 Å². The first-order chi connectivity index (χ1) is 12.7. The molecule has 3 fully saturated rings. The van der Waals surface area contributed by atoms with Gasteiger partial charge >= 0.3 is 5.97 Å². The molecule has 0 aromatic rings. The van der Waals surface area contributed by atoms with Gasteiger partial charge in [-0.25, -0.2) is 13.2 Å². The van der Waals surface area contributed by atoms with E-state index in [1.54, 1.807) is 11.8 Å². The van der Waals surface area contributed by atoms with Crippen LogP contribution in [0.4, 0.5) is 13.2 Å². The number of carboxylic acids is 1. The van der Waals surface area contributed by atoms with E-state index < -0.39 is 50.2 Å². The molecule has 2 saturated carbocycles. The van der Waals surface area contributed by atoms with E-state index >= 15 is 0 Å². The van der Waals surface area contributed by atoms with Crippen molar-refractivity contribution in [3.8, 4) is 0 Å². The van der Waals surface area contributed by atoms with Crippen LogP contribution in [0, 0.1) is 11.8 Å². The van der Waals surface area contributed by atoms with Gasteiger partial charge in [-0.1, -0.05) is 0 Å². The number of thioether (sulfide) groups is 1. The molecule has 3 aliphatic rings. The molecule has 0 bridgehead atoms. The molecule has 0 spiro atoms. The second-order valence-electron chi connectivity index (χ2n) is 7.62. The molecule has 6 unspecified atom stereocenters. The van der Waals surface area contributed by atoms with Gasteiger partial charge in [-0.3, -0.25) is 9.52 Å². The van der Waals surface area contributed by atoms with Crippen LogP contribution in [0.5, 0.6) is 0 Å². The van der Waals surface area contributed by atoms with Gasteiger partial charge in [0.25, 0.3) is 0 Å². The Bertz CT molecular complexity index is 646. The fourth-order valence-corrected chi connectivity index (χ4v) is 9.51. The second-order valence-corrected chi connectivity index (χ2v) is 15.0. The number of hydrogen-bond donors (Lipinski definition) is 3. The third kappa shape index (κ3) is 5.28. The van der Waals surface area contributed by atoms with Crippen molar-refractivity contribution < 1.29 is 23.1 Å². The van der Waals surface area contributed by atoms with Gasteiger partial charge in [0.05, 0.1) is 21.9 Å². The van der Waals surface area contributed by atoms with E-state index in [0.717, 1.165) is 12.8 Å². The summed E-state index contributed by atoms with van der Waals surface area (Å²) >= 11 is 12.8. The van der Waals surface area contributed by atoms with Crippen molar-refractivity contribution >= 4 is 47.4 Å². The van der Waals surface area contributed by atoms with Crippen LogP contribution >= 0.6 is 11.8 Å². The Hall–Kier alpha value is 0.320. The van der Waals surface area contributed by atoms with Crippen molar-refractivity contribution in [1.82, 2.24) is 10.0 Å². The van der Waals surface area contributed by atoms with Crippen molar-refractivity contribution in [1.29, 1.82) is 0 Å². The zero-order valence-corrected chi connectivity index (χ0v) is 18.0. The molecule has 4 nitrogen and oxygen atoms in total. The van der Waals surface area contributed by atoms with Gasteiger partial charge in [0.1, 0.15) is 18.5 Å². The van der Waals surface area contributed by atoms with Gasteiger partial charge in [-0.15, -0.1) is 11.8 Å². The van der Waals surface area contributed by atoms with Crippen molar-refractivity contribution in [3.05, 3.63) is 0 Å². The smallest absolute Gasteiger partial charge is 0.309 e. The summed E-state index contributed by atoms with van der Waals surface area (Å²) in [6.07, 6.45) is -1.66. The van der Waals surface area contributed by atoms with Gasteiger partial charge in [0.2, 0.25) is 0 Å². The largest absolute Gasteiger partial charge is 0.481 e. The first kappa shape index (κ1) is 22.0. The van der Waals surface area contributed by atoms with E-state index in [9.17, 15) is 18.0 Å². The first-order valence-electron chi connectivity index (χ1n) is 9.22. The van der Waals surface area contributed by atoms with Crippen LogP contribution in [0.15, 0.2) is 0 Å². The maximum atomic E-state index is 14.3. The van der Waals surface area contributed by atoms with E-state index in [0.29, 0.717) is 25.3 Å². The lowest BCUT2D eigenvalue weighted by molar-refractivity contribution is -0.146. The quantitative estimate of drug-likeness (QED) is 0.581. The molecule has 3 rings (SSSR count). The molecule has 3 N–H and O–H groups in total. The standard InChI is InChI=1S/C16H25F3N2O2S4/c17-9-3-1-8(2-4-9)15-20-7-14(26-15)27(24,25)21-13-5-10(16(22)23)11(18)6-12(13)19/h8-15,20-21H,1-7H2,(H,22,23). The molecule has 11 heteroatoms. The highest BCUT2D eigenvalue weighted by molar-refractivity contribution is 8.58. The predicted octanol–water partition coefficient (Wildman–Crippen LogP) is 2.63. The number of carboxylic acid groups (broad SMARTS) is 1. The molecule has 2 aliphatic carbocycles. The summed E-state index contributed by atoms with van der Waals surface area (Å²) in [7, 11) is -2.25. The van der Waals surface area contributed by atoms with Gasteiger partial charge in [-0.05, 0) is 67.7 Å². The minimum Gasteiger partial charge on any atom is -0.481 e. The fourth-order valence-electron chi connectivity index (χ4n) is 4.09. The minimum absolute atomic E-state index is 0.103. The molecule has 0 aromatic carbocycles. The summed E-state index contributed by atoms with van der Waals surface area (Å²) in [5.74, 6) is -2.11. The molecule has 6 atom stereocenters. The Morgan fingerprint density at radius 1 is 1.11 bits per heavy atom. The van der Waals surface area contributed by atoms with Crippen LogP contribution in [-0.4, -0.2) is 52.1 Å². The highest BCUT2D eigenvalue weighted by atomic mass is 33.1. The van der Waals surface area contributed by atoms with Crippen LogP contribution in [-0.2, 0) is 34.5 Å². The number of carbonyl (C=O) groups is 1. The highest BCUT2D eigenvalue weighted by Crippen LogP contribution is 2.39. The minimum atomic E-state index is -2.25. The molecule has 0 aromatic heterocycles. The summed E-state index contributed by atoms with van der Waals surface area (Å²) in [5.41, 5.74) is 0. The maximum Gasteiger partial charge on any atom is 0.309 e. The van der Waals surface area contributed by atoms with Crippen LogP contribution < -0.4 is 10.0 Å². The Balaban J connectivity index is 1.59. The lowest BCUT2D eigenvalue weighted by Crippen LogP contribution is -2.51. The lowest BCUT2D eigenvalue weighted by Gasteiger charge is -2.35. The molecule has 1 saturated heterocycles. The van der Waals surface area contributed by atoms with Gasteiger partial charge in [0, 0.05) is 13.0 Å². The number of nitrogens with one attached hydrogen (secondary N) is 2. The lowest BCUT2D eigenvalue weighted by atomic mass is 9.83. The molecule has 1 aliphatic heterocycles. The summed E-state index contributed by atoms with van der Waals surface area (Å²) in [6.45, 7) is 0.595. The topological polar surface area (TPSA) is 61.4 Å². The predicted molar refractivity (Wildman–Crippen MR) is 109 cm³/mol. The molecule has 0 radical (unpaired) electrons. The van der Waals surface area contributed by atoms with Crippen LogP contribution in [0.1, 0.15) is 38.5 Å². The third-order valence-electron chi connectivity index (χ3n) is 5.72. The first-order valence-corrected chi connectivity index (χ1v) is 13.7. The Labute approximate surface area is 171 Å². The third-order valence-corrected chi connectivity index (χ3v) is 12.4. The number of alkyl halides is 3. The Morgan fingerprint density at radius 2 is 1.78 bits per heavy atom. The van der Waals surface area contributed by atoms with E-state index in [1.807, 2.05) is 0 Å². The molecule has 1 heterocycles. The summed E-state index contributed by atoms with van der Waals surface area (Å²) < 4.78 is 44.4.